The Kier molecular flexibility index (Phi) is 5.05. The number of hydrogen-bond donors (Lipinski definition) is 0. The molecule has 0 saturated carbocycles. The van der Waals surface area contributed by atoms with Crippen LogP contribution in [0.3, 0.4) is 0 Å². The van der Waals surface area contributed by atoms with Gasteiger partial charge in [0.05, 0.1) is 18.5 Å². The van der Waals surface area contributed by atoms with Crippen LogP contribution in [0.25, 0.3) is 5.65 Å². The summed E-state index contributed by atoms with van der Waals surface area (Å²) in [5, 5.41) is 0. The summed E-state index contributed by atoms with van der Waals surface area (Å²) >= 11 is 0. The average molecular weight is 309 g/mol. The summed E-state index contributed by atoms with van der Waals surface area (Å²) in [4.78, 5) is 6.96. The van der Waals surface area contributed by atoms with Crippen molar-refractivity contribution in [1.29, 1.82) is 0 Å². The van der Waals surface area contributed by atoms with E-state index in [0.29, 0.717) is 0 Å². The summed E-state index contributed by atoms with van der Waals surface area (Å²) in [7, 11) is 1.75. The number of ether oxygens (including phenoxy) is 1. The zero-order chi connectivity index (χ0) is 16.1. The second-order valence-electron chi connectivity index (χ2n) is 5.82. The lowest BCUT2D eigenvalue weighted by molar-refractivity contribution is 0.139. The van der Waals surface area contributed by atoms with Crippen LogP contribution < -0.4 is 0 Å². The van der Waals surface area contributed by atoms with E-state index < -0.39 is 0 Å². The summed E-state index contributed by atoms with van der Waals surface area (Å²) in [5.41, 5.74) is 4.75. The van der Waals surface area contributed by atoms with Crippen LogP contribution >= 0.6 is 0 Å². The molecule has 0 radical (unpaired) electrons. The van der Waals surface area contributed by atoms with E-state index in [-0.39, 0.29) is 0 Å². The minimum Gasteiger partial charge on any atom is -0.383 e. The number of pyridine rings is 1. The van der Waals surface area contributed by atoms with E-state index >= 15 is 0 Å². The summed E-state index contributed by atoms with van der Waals surface area (Å²) in [5.74, 6) is 0. The fourth-order valence-corrected chi connectivity index (χ4v) is 2.82. The maximum Gasteiger partial charge on any atom is 0.139 e. The van der Waals surface area contributed by atoms with Crippen molar-refractivity contribution < 1.29 is 4.74 Å². The molecule has 4 heteroatoms. The molecule has 0 aliphatic heterocycles. The highest BCUT2D eigenvalue weighted by molar-refractivity contribution is 5.48. The van der Waals surface area contributed by atoms with Gasteiger partial charge in [0.15, 0.2) is 0 Å². The van der Waals surface area contributed by atoms with Gasteiger partial charge in [-0.1, -0.05) is 36.4 Å². The van der Waals surface area contributed by atoms with Crippen molar-refractivity contribution in [3.63, 3.8) is 0 Å². The first-order valence-electron chi connectivity index (χ1n) is 7.94. The molecule has 2 aromatic heterocycles. The molecule has 0 saturated heterocycles. The van der Waals surface area contributed by atoms with E-state index in [0.717, 1.165) is 31.9 Å². The number of nitrogens with zero attached hydrogens (tertiary/aromatic N) is 3. The standard InChI is InChI=1S/C19H23N3O/c1-16-7-6-10-22-18(13-20-19(16)22)15-21(11-12-23-2)14-17-8-4-3-5-9-17/h3-10,13H,11-12,14-15H2,1-2H3. The quantitative estimate of drug-likeness (QED) is 0.671. The summed E-state index contributed by atoms with van der Waals surface area (Å²) in [6, 6.07) is 14.7. The third-order valence-electron chi connectivity index (χ3n) is 4.05. The highest BCUT2D eigenvalue weighted by Crippen LogP contribution is 2.14. The fraction of sp³-hybridized carbons (Fsp3) is 0.316. The molecule has 0 spiro atoms. The molecule has 0 unspecified atom stereocenters. The highest BCUT2D eigenvalue weighted by atomic mass is 16.5. The van der Waals surface area contributed by atoms with Gasteiger partial charge < -0.3 is 9.14 Å². The first-order chi connectivity index (χ1) is 11.3. The van der Waals surface area contributed by atoms with Crippen LogP contribution in [-0.4, -0.2) is 34.5 Å². The van der Waals surface area contributed by atoms with Gasteiger partial charge in [0.2, 0.25) is 0 Å². The average Bonchev–Trinajstić information content (AvgIpc) is 2.98. The molecule has 0 fully saturated rings. The van der Waals surface area contributed by atoms with E-state index in [1.165, 1.54) is 16.8 Å². The Morgan fingerprint density at radius 3 is 2.70 bits per heavy atom. The SMILES string of the molecule is COCCN(Cc1ccccc1)Cc1cnc2c(C)cccn12. The molecule has 0 aliphatic rings. The molecular formula is C19H23N3O. The molecule has 4 nitrogen and oxygen atoms in total. The molecule has 2 heterocycles. The van der Waals surface area contributed by atoms with Crippen LogP contribution in [0.15, 0.2) is 54.9 Å². The third-order valence-corrected chi connectivity index (χ3v) is 4.05. The van der Waals surface area contributed by atoms with Crippen LogP contribution in [0, 0.1) is 6.92 Å². The molecule has 0 bridgehead atoms. The second-order valence-corrected chi connectivity index (χ2v) is 5.82. The van der Waals surface area contributed by atoms with E-state index in [1.807, 2.05) is 6.20 Å². The lowest BCUT2D eigenvalue weighted by atomic mass is 10.2. The van der Waals surface area contributed by atoms with E-state index in [2.05, 4.69) is 69.9 Å². The minimum atomic E-state index is 0.725. The molecule has 120 valence electrons. The molecule has 0 atom stereocenters. The van der Waals surface area contributed by atoms with Crippen LogP contribution in [-0.2, 0) is 17.8 Å². The molecule has 23 heavy (non-hydrogen) atoms. The van der Waals surface area contributed by atoms with Crippen molar-refractivity contribution in [3.05, 3.63) is 71.7 Å². The Balaban J connectivity index is 1.80. The van der Waals surface area contributed by atoms with Crippen molar-refractivity contribution in [2.45, 2.75) is 20.0 Å². The number of fused-ring (bicyclic) bond motifs is 1. The second kappa shape index (κ2) is 7.40. The van der Waals surface area contributed by atoms with E-state index in [9.17, 15) is 0 Å². The van der Waals surface area contributed by atoms with Crippen molar-refractivity contribution in [2.24, 2.45) is 0 Å². The van der Waals surface area contributed by atoms with Crippen molar-refractivity contribution >= 4 is 5.65 Å². The molecule has 3 aromatic rings. The maximum atomic E-state index is 5.27. The lowest BCUT2D eigenvalue weighted by Gasteiger charge is -2.22. The van der Waals surface area contributed by atoms with E-state index in [1.54, 1.807) is 7.11 Å². The van der Waals surface area contributed by atoms with Gasteiger partial charge in [-0.25, -0.2) is 4.98 Å². The smallest absolute Gasteiger partial charge is 0.139 e. The number of benzene rings is 1. The fourth-order valence-electron chi connectivity index (χ4n) is 2.82. The maximum absolute atomic E-state index is 5.27. The minimum absolute atomic E-state index is 0.725. The zero-order valence-corrected chi connectivity index (χ0v) is 13.8. The molecule has 0 aliphatic carbocycles. The van der Waals surface area contributed by atoms with Crippen molar-refractivity contribution in [2.75, 3.05) is 20.3 Å². The van der Waals surface area contributed by atoms with Crippen LogP contribution in [0.4, 0.5) is 0 Å². The summed E-state index contributed by atoms with van der Waals surface area (Å²) in [6.07, 6.45) is 4.06. The van der Waals surface area contributed by atoms with Crippen molar-refractivity contribution in [3.8, 4) is 0 Å². The monoisotopic (exact) mass is 309 g/mol. The first-order valence-corrected chi connectivity index (χ1v) is 7.94. The number of methoxy groups -OCH3 is 1. The Labute approximate surface area is 137 Å². The van der Waals surface area contributed by atoms with Crippen LogP contribution in [0.5, 0.6) is 0 Å². The van der Waals surface area contributed by atoms with Gasteiger partial charge >= 0.3 is 0 Å². The van der Waals surface area contributed by atoms with Gasteiger partial charge in [-0.3, -0.25) is 4.90 Å². The Morgan fingerprint density at radius 1 is 1.09 bits per heavy atom. The van der Waals surface area contributed by atoms with Crippen LogP contribution in [0.1, 0.15) is 16.8 Å². The number of imidazole rings is 1. The topological polar surface area (TPSA) is 29.8 Å². The summed E-state index contributed by atoms with van der Waals surface area (Å²) in [6.45, 7) is 5.47. The van der Waals surface area contributed by atoms with E-state index in [4.69, 9.17) is 4.74 Å². The number of aromatic nitrogens is 2. The third kappa shape index (κ3) is 3.78. The predicted molar refractivity (Wildman–Crippen MR) is 92.4 cm³/mol. The number of aryl methyl sites for hydroxylation is 1. The largest absolute Gasteiger partial charge is 0.383 e. The first kappa shape index (κ1) is 15.7. The van der Waals surface area contributed by atoms with Gasteiger partial charge in [0, 0.05) is 32.9 Å². The molecule has 3 rings (SSSR count). The molecule has 0 N–H and O–H groups in total. The molecule has 1 aromatic carbocycles. The summed E-state index contributed by atoms with van der Waals surface area (Å²) < 4.78 is 7.45. The van der Waals surface area contributed by atoms with Gasteiger partial charge in [0.1, 0.15) is 5.65 Å². The van der Waals surface area contributed by atoms with Gasteiger partial charge in [-0.2, -0.15) is 0 Å². The van der Waals surface area contributed by atoms with Gasteiger partial charge in [-0.15, -0.1) is 0 Å². The Bertz CT molecular complexity index is 752. The lowest BCUT2D eigenvalue weighted by Crippen LogP contribution is -2.27. The predicted octanol–water partition coefficient (Wildman–Crippen LogP) is 3.29. The molecular weight excluding hydrogens is 286 g/mol. The van der Waals surface area contributed by atoms with Crippen molar-refractivity contribution in [1.82, 2.24) is 14.3 Å². The Morgan fingerprint density at radius 2 is 1.91 bits per heavy atom. The highest BCUT2D eigenvalue weighted by Gasteiger charge is 2.11. The van der Waals surface area contributed by atoms with Crippen LogP contribution in [0.2, 0.25) is 0 Å². The zero-order valence-electron chi connectivity index (χ0n) is 13.8. The number of rotatable bonds is 7. The normalized spacial score (nSPS) is 11.4. The number of hydrogen-bond acceptors (Lipinski definition) is 3. The Hall–Kier alpha value is -2.17. The van der Waals surface area contributed by atoms with Gasteiger partial charge in [-0.05, 0) is 24.1 Å². The molecule has 0 amide bonds. The van der Waals surface area contributed by atoms with Gasteiger partial charge in [0.25, 0.3) is 0 Å².